The number of hydrogen-bond acceptors (Lipinski definition) is 3. The quantitative estimate of drug-likeness (QED) is 0.832. The fourth-order valence-electron chi connectivity index (χ4n) is 2.90. The summed E-state index contributed by atoms with van der Waals surface area (Å²) in [6.45, 7) is 10.4. The first-order valence-electron chi connectivity index (χ1n) is 7.21. The van der Waals surface area contributed by atoms with Crippen molar-refractivity contribution in [2.75, 3.05) is 26.2 Å². The van der Waals surface area contributed by atoms with Gasteiger partial charge in [0.15, 0.2) is 0 Å². The van der Waals surface area contributed by atoms with Crippen LogP contribution in [0.2, 0.25) is 0 Å². The van der Waals surface area contributed by atoms with Crippen molar-refractivity contribution in [2.45, 2.75) is 39.3 Å². The summed E-state index contributed by atoms with van der Waals surface area (Å²) in [4.78, 5) is 6.68. The first-order chi connectivity index (χ1) is 8.79. The smallest absolute Gasteiger partial charge is 0.0945 e. The molecule has 0 bridgehead atoms. The molecule has 2 unspecified atom stereocenters. The second-order valence-electron chi connectivity index (χ2n) is 5.38. The van der Waals surface area contributed by atoms with E-state index < -0.39 is 0 Å². The van der Waals surface area contributed by atoms with Gasteiger partial charge < -0.3 is 14.8 Å². The van der Waals surface area contributed by atoms with Crippen molar-refractivity contribution >= 4 is 0 Å². The molecule has 1 fully saturated rings. The molecule has 1 aliphatic rings. The molecule has 2 rings (SSSR count). The first kappa shape index (κ1) is 13.6. The highest BCUT2D eigenvalue weighted by Gasteiger charge is 2.24. The minimum absolute atomic E-state index is 0.722. The number of hydrogen-bond donors (Lipinski definition) is 1. The Balaban J connectivity index is 1.66. The molecular formula is C14H26N4. The molecule has 0 aliphatic carbocycles. The summed E-state index contributed by atoms with van der Waals surface area (Å²) in [5, 5.41) is 3.59. The summed E-state index contributed by atoms with van der Waals surface area (Å²) in [5.74, 6) is 0.770. The Morgan fingerprint density at radius 2 is 2.28 bits per heavy atom. The standard InChI is InChI=1S/C14H26N4/c1-3-16-14-5-9-17(11-13(14)2)7-4-8-18-10-6-15-12-18/h6,10,12-14,16H,3-5,7-9,11H2,1-2H3. The van der Waals surface area contributed by atoms with Gasteiger partial charge in [-0.1, -0.05) is 13.8 Å². The molecule has 1 N–H and O–H groups in total. The van der Waals surface area contributed by atoms with Crippen LogP contribution >= 0.6 is 0 Å². The lowest BCUT2D eigenvalue weighted by Crippen LogP contribution is -2.48. The average Bonchev–Trinajstić information content (AvgIpc) is 2.86. The molecule has 1 aliphatic heterocycles. The van der Waals surface area contributed by atoms with Crippen molar-refractivity contribution in [1.29, 1.82) is 0 Å². The number of aryl methyl sites for hydroxylation is 1. The second-order valence-corrected chi connectivity index (χ2v) is 5.38. The molecule has 102 valence electrons. The van der Waals surface area contributed by atoms with Crippen LogP contribution < -0.4 is 5.32 Å². The monoisotopic (exact) mass is 250 g/mol. The summed E-state index contributed by atoms with van der Waals surface area (Å²) in [6, 6.07) is 0.722. The maximum atomic E-state index is 4.07. The van der Waals surface area contributed by atoms with Crippen molar-refractivity contribution in [3.63, 3.8) is 0 Å². The fraction of sp³-hybridized carbons (Fsp3) is 0.786. The molecule has 18 heavy (non-hydrogen) atoms. The average molecular weight is 250 g/mol. The van der Waals surface area contributed by atoms with Crippen molar-refractivity contribution in [3.05, 3.63) is 18.7 Å². The number of imidazole rings is 1. The topological polar surface area (TPSA) is 33.1 Å². The van der Waals surface area contributed by atoms with E-state index in [1.807, 2.05) is 18.7 Å². The lowest BCUT2D eigenvalue weighted by atomic mass is 9.94. The summed E-state index contributed by atoms with van der Waals surface area (Å²) >= 11 is 0. The molecule has 1 aromatic heterocycles. The molecule has 1 saturated heterocycles. The van der Waals surface area contributed by atoms with Gasteiger partial charge in [-0.2, -0.15) is 0 Å². The minimum Gasteiger partial charge on any atom is -0.337 e. The van der Waals surface area contributed by atoms with Gasteiger partial charge in [-0.05, 0) is 38.4 Å². The van der Waals surface area contributed by atoms with Crippen molar-refractivity contribution in [2.24, 2.45) is 5.92 Å². The lowest BCUT2D eigenvalue weighted by Gasteiger charge is -2.37. The lowest BCUT2D eigenvalue weighted by molar-refractivity contribution is 0.145. The Labute approximate surface area is 110 Å². The largest absolute Gasteiger partial charge is 0.337 e. The Kier molecular flexibility index (Phi) is 5.20. The number of piperidine rings is 1. The van der Waals surface area contributed by atoms with Crippen LogP contribution in [0.5, 0.6) is 0 Å². The Morgan fingerprint density at radius 3 is 2.94 bits per heavy atom. The third kappa shape index (κ3) is 3.82. The van der Waals surface area contributed by atoms with E-state index in [0.717, 1.165) is 25.0 Å². The van der Waals surface area contributed by atoms with E-state index in [1.54, 1.807) is 0 Å². The van der Waals surface area contributed by atoms with Crippen LogP contribution in [-0.4, -0.2) is 46.7 Å². The Hall–Kier alpha value is -0.870. The van der Waals surface area contributed by atoms with Crippen LogP contribution in [0, 0.1) is 5.92 Å². The SMILES string of the molecule is CCNC1CCN(CCCn2ccnc2)CC1C. The molecule has 4 nitrogen and oxygen atoms in total. The van der Waals surface area contributed by atoms with Crippen LogP contribution in [0.1, 0.15) is 26.7 Å². The van der Waals surface area contributed by atoms with E-state index in [2.05, 4.69) is 33.6 Å². The highest BCUT2D eigenvalue weighted by molar-refractivity contribution is 4.82. The minimum atomic E-state index is 0.722. The van der Waals surface area contributed by atoms with Gasteiger partial charge in [0.25, 0.3) is 0 Å². The maximum absolute atomic E-state index is 4.07. The van der Waals surface area contributed by atoms with Gasteiger partial charge >= 0.3 is 0 Å². The zero-order valence-electron chi connectivity index (χ0n) is 11.7. The molecule has 1 aromatic rings. The van der Waals surface area contributed by atoms with Gasteiger partial charge in [-0.15, -0.1) is 0 Å². The van der Waals surface area contributed by atoms with Gasteiger partial charge in [-0.25, -0.2) is 4.98 Å². The molecule has 0 amide bonds. The number of nitrogens with one attached hydrogen (secondary N) is 1. The van der Waals surface area contributed by atoms with Crippen molar-refractivity contribution in [3.8, 4) is 0 Å². The van der Waals surface area contributed by atoms with E-state index in [0.29, 0.717) is 0 Å². The third-order valence-electron chi connectivity index (χ3n) is 3.91. The molecule has 0 spiro atoms. The zero-order chi connectivity index (χ0) is 12.8. The van der Waals surface area contributed by atoms with Crippen LogP contribution in [0.15, 0.2) is 18.7 Å². The highest BCUT2D eigenvalue weighted by atomic mass is 15.1. The second kappa shape index (κ2) is 6.90. The normalized spacial score (nSPS) is 25.4. The van der Waals surface area contributed by atoms with Crippen molar-refractivity contribution < 1.29 is 0 Å². The summed E-state index contributed by atoms with van der Waals surface area (Å²) in [7, 11) is 0. The summed E-state index contributed by atoms with van der Waals surface area (Å²) in [5.41, 5.74) is 0. The van der Waals surface area contributed by atoms with Crippen LogP contribution in [0.3, 0.4) is 0 Å². The Bertz CT molecular complexity index is 323. The third-order valence-corrected chi connectivity index (χ3v) is 3.91. The van der Waals surface area contributed by atoms with Gasteiger partial charge in [0.05, 0.1) is 6.33 Å². The number of likely N-dealkylation sites (tertiary alicyclic amines) is 1. The fourth-order valence-corrected chi connectivity index (χ4v) is 2.90. The van der Waals surface area contributed by atoms with Crippen LogP contribution in [0.25, 0.3) is 0 Å². The highest BCUT2D eigenvalue weighted by Crippen LogP contribution is 2.16. The molecule has 4 heteroatoms. The summed E-state index contributed by atoms with van der Waals surface area (Å²) in [6.07, 6.45) is 8.30. The van der Waals surface area contributed by atoms with Crippen LogP contribution in [-0.2, 0) is 6.54 Å². The molecule has 2 heterocycles. The first-order valence-corrected chi connectivity index (χ1v) is 7.21. The van der Waals surface area contributed by atoms with E-state index in [9.17, 15) is 0 Å². The van der Waals surface area contributed by atoms with Gasteiger partial charge in [0.1, 0.15) is 0 Å². The van der Waals surface area contributed by atoms with Gasteiger partial charge in [0, 0.05) is 31.5 Å². The van der Waals surface area contributed by atoms with E-state index >= 15 is 0 Å². The van der Waals surface area contributed by atoms with E-state index in [1.165, 1.54) is 32.5 Å². The van der Waals surface area contributed by atoms with Crippen LogP contribution in [0.4, 0.5) is 0 Å². The summed E-state index contributed by atoms with van der Waals surface area (Å²) < 4.78 is 2.16. The maximum Gasteiger partial charge on any atom is 0.0945 e. The Morgan fingerprint density at radius 1 is 1.39 bits per heavy atom. The molecular weight excluding hydrogens is 224 g/mol. The van der Waals surface area contributed by atoms with Crippen molar-refractivity contribution in [1.82, 2.24) is 19.8 Å². The molecule has 2 atom stereocenters. The molecule has 0 saturated carbocycles. The van der Waals surface area contributed by atoms with E-state index in [-0.39, 0.29) is 0 Å². The number of nitrogens with zero attached hydrogens (tertiary/aromatic N) is 3. The number of aromatic nitrogens is 2. The number of rotatable bonds is 6. The molecule has 0 radical (unpaired) electrons. The predicted molar refractivity (Wildman–Crippen MR) is 74.5 cm³/mol. The van der Waals surface area contributed by atoms with Gasteiger partial charge in [0.2, 0.25) is 0 Å². The molecule has 0 aromatic carbocycles. The predicted octanol–water partition coefficient (Wildman–Crippen LogP) is 1.59. The zero-order valence-corrected chi connectivity index (χ0v) is 11.7. The van der Waals surface area contributed by atoms with E-state index in [4.69, 9.17) is 0 Å². The van der Waals surface area contributed by atoms with Gasteiger partial charge in [-0.3, -0.25) is 0 Å².